The predicted molar refractivity (Wildman–Crippen MR) is 87.5 cm³/mol. The highest BCUT2D eigenvalue weighted by atomic mass is 35.5. The molecule has 3 rings (SSSR count). The van der Waals surface area contributed by atoms with Gasteiger partial charge in [0.05, 0.1) is 5.69 Å². The summed E-state index contributed by atoms with van der Waals surface area (Å²) in [7, 11) is 0. The Morgan fingerprint density at radius 1 is 1.05 bits per heavy atom. The molecule has 0 bridgehead atoms. The van der Waals surface area contributed by atoms with E-state index in [9.17, 15) is 4.79 Å². The fourth-order valence-corrected chi connectivity index (χ4v) is 2.72. The number of aromatic nitrogens is 2. The Labute approximate surface area is 134 Å². The third-order valence-electron chi connectivity index (χ3n) is 2.77. The standard InChI is InChI=1S/C14H9Cl2N3OS/c15-9-4-6-12(7-5-9)19-13(18-21-14(19)20)17-11-3-1-2-10(16)8-11/h1-8H,(H,17,18). The van der Waals surface area contributed by atoms with Crippen molar-refractivity contribution in [2.24, 2.45) is 0 Å². The van der Waals surface area contributed by atoms with Crippen LogP contribution in [-0.4, -0.2) is 8.94 Å². The molecule has 4 nitrogen and oxygen atoms in total. The van der Waals surface area contributed by atoms with Crippen LogP contribution in [0.1, 0.15) is 0 Å². The highest BCUT2D eigenvalue weighted by molar-refractivity contribution is 7.03. The van der Waals surface area contributed by atoms with E-state index in [0.717, 1.165) is 17.2 Å². The third kappa shape index (κ3) is 3.10. The lowest BCUT2D eigenvalue weighted by molar-refractivity contribution is 1.03. The lowest BCUT2D eigenvalue weighted by atomic mass is 10.3. The molecule has 0 saturated heterocycles. The first kappa shape index (κ1) is 14.1. The summed E-state index contributed by atoms with van der Waals surface area (Å²) in [5.41, 5.74) is 1.46. The number of nitrogens with zero attached hydrogens (tertiary/aromatic N) is 2. The van der Waals surface area contributed by atoms with Gasteiger partial charge in [-0.3, -0.25) is 4.79 Å². The molecular weight excluding hydrogens is 329 g/mol. The summed E-state index contributed by atoms with van der Waals surface area (Å²) in [4.78, 5) is 11.8. The molecule has 0 unspecified atom stereocenters. The van der Waals surface area contributed by atoms with Crippen LogP contribution in [0.25, 0.3) is 5.69 Å². The van der Waals surface area contributed by atoms with E-state index in [1.807, 2.05) is 12.1 Å². The van der Waals surface area contributed by atoms with Crippen molar-refractivity contribution in [1.82, 2.24) is 8.94 Å². The van der Waals surface area contributed by atoms with Gasteiger partial charge in [0.15, 0.2) is 0 Å². The van der Waals surface area contributed by atoms with E-state index in [1.54, 1.807) is 36.4 Å². The fraction of sp³-hybridized carbons (Fsp3) is 0. The lowest BCUT2D eigenvalue weighted by Crippen LogP contribution is -2.13. The Balaban J connectivity index is 2.01. The lowest BCUT2D eigenvalue weighted by Gasteiger charge is -2.08. The van der Waals surface area contributed by atoms with Crippen molar-refractivity contribution in [3.05, 3.63) is 68.2 Å². The molecule has 2 aromatic carbocycles. The second-order valence-electron chi connectivity index (χ2n) is 4.22. The molecule has 21 heavy (non-hydrogen) atoms. The molecule has 0 radical (unpaired) electrons. The normalized spacial score (nSPS) is 10.6. The molecule has 0 amide bonds. The predicted octanol–water partition coefficient (Wildman–Crippen LogP) is 4.34. The van der Waals surface area contributed by atoms with Crippen molar-refractivity contribution < 1.29 is 0 Å². The van der Waals surface area contributed by atoms with E-state index in [4.69, 9.17) is 23.2 Å². The van der Waals surface area contributed by atoms with Gasteiger partial charge in [-0.05, 0) is 42.5 Å². The Morgan fingerprint density at radius 2 is 1.81 bits per heavy atom. The van der Waals surface area contributed by atoms with Gasteiger partial charge in [0.2, 0.25) is 5.95 Å². The van der Waals surface area contributed by atoms with Crippen LogP contribution >= 0.6 is 34.7 Å². The Hall–Kier alpha value is -1.82. The van der Waals surface area contributed by atoms with Crippen molar-refractivity contribution in [3.8, 4) is 5.69 Å². The summed E-state index contributed by atoms with van der Waals surface area (Å²) in [5, 5.41) is 4.31. The molecule has 0 saturated carbocycles. The van der Waals surface area contributed by atoms with Gasteiger partial charge in [-0.15, -0.1) is 0 Å². The number of hydrogen-bond acceptors (Lipinski definition) is 4. The van der Waals surface area contributed by atoms with Gasteiger partial charge in [-0.2, -0.15) is 4.37 Å². The average Bonchev–Trinajstić information content (AvgIpc) is 2.81. The van der Waals surface area contributed by atoms with Crippen LogP contribution in [0.15, 0.2) is 53.3 Å². The molecule has 0 spiro atoms. The summed E-state index contributed by atoms with van der Waals surface area (Å²) in [6.07, 6.45) is 0. The van der Waals surface area contributed by atoms with Crippen molar-refractivity contribution in [3.63, 3.8) is 0 Å². The first-order valence-corrected chi connectivity index (χ1v) is 7.54. The molecule has 0 atom stereocenters. The average molecular weight is 338 g/mol. The number of nitrogens with one attached hydrogen (secondary N) is 1. The molecule has 0 aliphatic rings. The van der Waals surface area contributed by atoms with E-state index >= 15 is 0 Å². The molecule has 106 valence electrons. The quantitative estimate of drug-likeness (QED) is 0.773. The molecule has 1 aromatic heterocycles. The molecule has 1 N–H and O–H groups in total. The second-order valence-corrected chi connectivity index (χ2v) is 5.81. The molecule has 3 aromatic rings. The number of hydrogen-bond donors (Lipinski definition) is 1. The van der Waals surface area contributed by atoms with Crippen molar-refractivity contribution in [1.29, 1.82) is 0 Å². The van der Waals surface area contributed by atoms with Crippen LogP contribution in [0, 0.1) is 0 Å². The zero-order valence-corrected chi connectivity index (χ0v) is 12.9. The first-order valence-electron chi connectivity index (χ1n) is 6.01. The Bertz CT molecular complexity index is 827. The maximum absolute atomic E-state index is 12.0. The van der Waals surface area contributed by atoms with Gasteiger partial charge in [-0.25, -0.2) is 4.57 Å². The van der Waals surface area contributed by atoms with E-state index in [-0.39, 0.29) is 4.87 Å². The number of benzene rings is 2. The molecule has 0 aliphatic carbocycles. The van der Waals surface area contributed by atoms with E-state index in [0.29, 0.717) is 21.7 Å². The summed E-state index contributed by atoms with van der Waals surface area (Å²) < 4.78 is 5.63. The fourth-order valence-electron chi connectivity index (χ4n) is 1.84. The number of rotatable bonds is 3. The van der Waals surface area contributed by atoms with Gasteiger partial charge >= 0.3 is 4.87 Å². The van der Waals surface area contributed by atoms with Crippen LogP contribution in [0.4, 0.5) is 11.6 Å². The topological polar surface area (TPSA) is 46.9 Å². The van der Waals surface area contributed by atoms with Crippen molar-refractivity contribution in [2.75, 3.05) is 5.32 Å². The van der Waals surface area contributed by atoms with Crippen LogP contribution < -0.4 is 10.2 Å². The summed E-state index contributed by atoms with van der Waals surface area (Å²) >= 11 is 12.7. The summed E-state index contributed by atoms with van der Waals surface area (Å²) in [6, 6.07) is 14.2. The zero-order chi connectivity index (χ0) is 14.8. The van der Waals surface area contributed by atoms with Crippen LogP contribution in [0.5, 0.6) is 0 Å². The maximum Gasteiger partial charge on any atom is 0.332 e. The Kier molecular flexibility index (Phi) is 3.96. The number of halogens is 2. The van der Waals surface area contributed by atoms with Gasteiger partial charge in [0.25, 0.3) is 0 Å². The molecule has 1 heterocycles. The molecule has 0 fully saturated rings. The van der Waals surface area contributed by atoms with E-state index in [1.165, 1.54) is 4.57 Å². The summed E-state index contributed by atoms with van der Waals surface area (Å²) in [5.74, 6) is 0.439. The molecule has 0 aliphatic heterocycles. The van der Waals surface area contributed by atoms with Crippen LogP contribution in [-0.2, 0) is 0 Å². The maximum atomic E-state index is 12.0. The number of anilines is 2. The minimum atomic E-state index is -0.179. The second kappa shape index (κ2) is 5.89. The largest absolute Gasteiger partial charge is 0.332 e. The van der Waals surface area contributed by atoms with E-state index < -0.39 is 0 Å². The van der Waals surface area contributed by atoms with Gasteiger partial charge in [0, 0.05) is 27.3 Å². The van der Waals surface area contributed by atoms with Gasteiger partial charge in [0.1, 0.15) is 0 Å². The van der Waals surface area contributed by atoms with E-state index in [2.05, 4.69) is 9.69 Å². The van der Waals surface area contributed by atoms with Crippen LogP contribution in [0.3, 0.4) is 0 Å². The monoisotopic (exact) mass is 337 g/mol. The van der Waals surface area contributed by atoms with Gasteiger partial charge in [-0.1, -0.05) is 29.3 Å². The zero-order valence-electron chi connectivity index (χ0n) is 10.6. The minimum absolute atomic E-state index is 0.179. The summed E-state index contributed by atoms with van der Waals surface area (Å²) in [6.45, 7) is 0. The third-order valence-corrected chi connectivity index (χ3v) is 3.86. The minimum Gasteiger partial charge on any atom is -0.324 e. The highest BCUT2D eigenvalue weighted by Gasteiger charge is 2.11. The Morgan fingerprint density at radius 3 is 2.52 bits per heavy atom. The van der Waals surface area contributed by atoms with Crippen molar-refractivity contribution >= 4 is 46.4 Å². The smallest absolute Gasteiger partial charge is 0.324 e. The van der Waals surface area contributed by atoms with Crippen molar-refractivity contribution in [2.45, 2.75) is 0 Å². The molecular formula is C14H9Cl2N3OS. The first-order chi connectivity index (χ1) is 10.1. The molecule has 7 heteroatoms. The SMILES string of the molecule is O=c1snc(Nc2cccc(Cl)c2)n1-c1ccc(Cl)cc1. The van der Waals surface area contributed by atoms with Gasteiger partial charge < -0.3 is 5.32 Å². The highest BCUT2D eigenvalue weighted by Crippen LogP contribution is 2.21. The van der Waals surface area contributed by atoms with Crippen LogP contribution in [0.2, 0.25) is 10.0 Å².